The molecule has 1 atom stereocenters. The summed E-state index contributed by atoms with van der Waals surface area (Å²) in [5, 5.41) is 0. The molecule has 14 heavy (non-hydrogen) atoms. The quantitative estimate of drug-likeness (QED) is 0.654. The molecule has 0 saturated carbocycles. The van der Waals surface area contributed by atoms with E-state index in [0.29, 0.717) is 6.61 Å². The molecule has 1 aromatic carbocycles. The van der Waals surface area contributed by atoms with E-state index in [4.69, 9.17) is 4.74 Å². The van der Waals surface area contributed by atoms with Gasteiger partial charge in [-0.1, -0.05) is 43.5 Å². The van der Waals surface area contributed by atoms with Crippen LogP contribution in [0.25, 0.3) is 0 Å². The molecule has 0 amide bonds. The lowest BCUT2D eigenvalue weighted by molar-refractivity contribution is 0.0572. The molecule has 2 rings (SSSR count). The molecule has 0 N–H and O–H groups in total. The first kappa shape index (κ1) is 9.22. The lowest BCUT2D eigenvalue weighted by Crippen LogP contribution is -2.15. The van der Waals surface area contributed by atoms with E-state index in [1.807, 2.05) is 18.2 Å². The minimum Gasteiger partial charge on any atom is -0.369 e. The van der Waals surface area contributed by atoms with E-state index < -0.39 is 0 Å². The Morgan fingerprint density at radius 2 is 1.79 bits per heavy atom. The van der Waals surface area contributed by atoms with E-state index in [1.54, 1.807) is 0 Å². The van der Waals surface area contributed by atoms with Crippen LogP contribution in [0.3, 0.4) is 0 Å². The van der Waals surface area contributed by atoms with Crippen LogP contribution in [-0.4, -0.2) is 6.61 Å². The van der Waals surface area contributed by atoms with Crippen molar-refractivity contribution in [2.75, 3.05) is 6.61 Å². The van der Waals surface area contributed by atoms with Gasteiger partial charge in [0.1, 0.15) is 0 Å². The van der Waals surface area contributed by atoms with Crippen molar-refractivity contribution in [3.8, 4) is 0 Å². The predicted octanol–water partition coefficient (Wildman–Crippen LogP) is 3.26. The average molecular weight is 186 g/mol. The molecule has 1 nitrogen and oxygen atoms in total. The SMILES string of the molecule is C=C1COC(c2ccccc2)CC1=C. The summed E-state index contributed by atoms with van der Waals surface area (Å²) in [7, 11) is 0. The highest BCUT2D eigenvalue weighted by Crippen LogP contribution is 2.31. The summed E-state index contributed by atoms with van der Waals surface area (Å²) in [6, 6.07) is 10.3. The number of hydrogen-bond acceptors (Lipinski definition) is 1. The van der Waals surface area contributed by atoms with Crippen LogP contribution in [0.5, 0.6) is 0 Å². The molecular formula is C13H14O. The molecule has 1 heteroatoms. The fourth-order valence-corrected chi connectivity index (χ4v) is 1.61. The molecule has 72 valence electrons. The first-order chi connectivity index (χ1) is 6.77. The average Bonchev–Trinajstić information content (AvgIpc) is 2.23. The van der Waals surface area contributed by atoms with Crippen molar-refractivity contribution in [3.05, 3.63) is 60.2 Å². The van der Waals surface area contributed by atoms with Crippen molar-refractivity contribution in [3.63, 3.8) is 0 Å². The standard InChI is InChI=1S/C13H14O/c1-10-8-13(14-9-11(10)2)12-6-4-3-5-7-12/h3-7,13H,1-2,8-9H2. The molecule has 0 aliphatic carbocycles. The minimum atomic E-state index is 0.161. The predicted molar refractivity (Wildman–Crippen MR) is 58.0 cm³/mol. The summed E-state index contributed by atoms with van der Waals surface area (Å²) >= 11 is 0. The van der Waals surface area contributed by atoms with E-state index in [1.165, 1.54) is 5.56 Å². The van der Waals surface area contributed by atoms with Gasteiger partial charge in [0.15, 0.2) is 0 Å². The molecular weight excluding hydrogens is 172 g/mol. The van der Waals surface area contributed by atoms with Crippen molar-refractivity contribution >= 4 is 0 Å². The maximum atomic E-state index is 5.69. The van der Waals surface area contributed by atoms with Crippen molar-refractivity contribution in [2.24, 2.45) is 0 Å². The Balaban J connectivity index is 2.14. The highest BCUT2D eigenvalue weighted by atomic mass is 16.5. The summed E-state index contributed by atoms with van der Waals surface area (Å²) in [5.41, 5.74) is 3.36. The van der Waals surface area contributed by atoms with E-state index in [2.05, 4.69) is 25.3 Å². The van der Waals surface area contributed by atoms with Crippen LogP contribution in [0, 0.1) is 0 Å². The second-order valence-corrected chi connectivity index (χ2v) is 3.62. The molecule has 1 aromatic rings. The smallest absolute Gasteiger partial charge is 0.0869 e. The lowest BCUT2D eigenvalue weighted by Gasteiger charge is -2.26. The third kappa shape index (κ3) is 1.78. The lowest BCUT2D eigenvalue weighted by atomic mass is 9.96. The van der Waals surface area contributed by atoms with Gasteiger partial charge >= 0.3 is 0 Å². The fourth-order valence-electron chi connectivity index (χ4n) is 1.61. The van der Waals surface area contributed by atoms with Crippen LogP contribution in [0.4, 0.5) is 0 Å². The topological polar surface area (TPSA) is 9.23 Å². The van der Waals surface area contributed by atoms with E-state index in [0.717, 1.165) is 17.6 Å². The third-order valence-electron chi connectivity index (χ3n) is 2.56. The first-order valence-electron chi connectivity index (χ1n) is 4.80. The second kappa shape index (κ2) is 3.81. The van der Waals surface area contributed by atoms with Gasteiger partial charge in [-0.25, -0.2) is 0 Å². The van der Waals surface area contributed by atoms with Crippen molar-refractivity contribution in [1.29, 1.82) is 0 Å². The van der Waals surface area contributed by atoms with Crippen LogP contribution in [0.2, 0.25) is 0 Å². The van der Waals surface area contributed by atoms with Crippen molar-refractivity contribution < 1.29 is 4.74 Å². The highest BCUT2D eigenvalue weighted by Gasteiger charge is 2.19. The second-order valence-electron chi connectivity index (χ2n) is 3.62. The van der Waals surface area contributed by atoms with Crippen LogP contribution >= 0.6 is 0 Å². The number of ether oxygens (including phenoxy) is 1. The Kier molecular flexibility index (Phi) is 2.51. The van der Waals surface area contributed by atoms with E-state index in [9.17, 15) is 0 Å². The van der Waals surface area contributed by atoms with Gasteiger partial charge in [0, 0.05) is 6.42 Å². The molecule has 1 fully saturated rings. The zero-order valence-corrected chi connectivity index (χ0v) is 8.20. The van der Waals surface area contributed by atoms with Crippen LogP contribution in [-0.2, 0) is 4.74 Å². The molecule has 1 heterocycles. The molecule has 1 aliphatic heterocycles. The van der Waals surface area contributed by atoms with Gasteiger partial charge in [-0.15, -0.1) is 0 Å². The van der Waals surface area contributed by atoms with Gasteiger partial charge in [-0.05, 0) is 16.7 Å². The van der Waals surface area contributed by atoms with Gasteiger partial charge in [0.2, 0.25) is 0 Å². The molecule has 1 unspecified atom stereocenters. The maximum absolute atomic E-state index is 5.69. The Morgan fingerprint density at radius 3 is 2.43 bits per heavy atom. The summed E-state index contributed by atoms with van der Waals surface area (Å²) in [6.45, 7) is 8.50. The molecule has 1 aliphatic rings. The van der Waals surface area contributed by atoms with Gasteiger partial charge in [-0.3, -0.25) is 0 Å². The number of hydrogen-bond donors (Lipinski definition) is 0. The van der Waals surface area contributed by atoms with Gasteiger partial charge in [0.25, 0.3) is 0 Å². The summed E-state index contributed by atoms with van der Waals surface area (Å²) < 4.78 is 5.69. The molecule has 0 bridgehead atoms. The maximum Gasteiger partial charge on any atom is 0.0869 e. The normalized spacial score (nSPS) is 22.4. The highest BCUT2D eigenvalue weighted by molar-refractivity contribution is 5.31. The zero-order chi connectivity index (χ0) is 9.97. The zero-order valence-electron chi connectivity index (χ0n) is 8.20. The summed E-state index contributed by atoms with van der Waals surface area (Å²) in [5.74, 6) is 0. The molecule has 1 saturated heterocycles. The molecule has 0 spiro atoms. The monoisotopic (exact) mass is 186 g/mol. The van der Waals surface area contributed by atoms with Gasteiger partial charge in [0.05, 0.1) is 12.7 Å². The minimum absolute atomic E-state index is 0.161. The van der Waals surface area contributed by atoms with Crippen molar-refractivity contribution in [1.82, 2.24) is 0 Å². The first-order valence-corrected chi connectivity index (χ1v) is 4.80. The van der Waals surface area contributed by atoms with E-state index in [-0.39, 0.29) is 6.10 Å². The Labute approximate surface area is 84.7 Å². The van der Waals surface area contributed by atoms with Crippen molar-refractivity contribution in [2.45, 2.75) is 12.5 Å². The largest absolute Gasteiger partial charge is 0.369 e. The Bertz CT molecular complexity index is 351. The Hall–Kier alpha value is -1.34. The number of benzene rings is 1. The van der Waals surface area contributed by atoms with Gasteiger partial charge < -0.3 is 4.74 Å². The molecule has 0 radical (unpaired) electrons. The number of rotatable bonds is 1. The van der Waals surface area contributed by atoms with Crippen LogP contribution < -0.4 is 0 Å². The summed E-state index contributed by atoms with van der Waals surface area (Å²) in [6.07, 6.45) is 1.03. The Morgan fingerprint density at radius 1 is 1.07 bits per heavy atom. The van der Waals surface area contributed by atoms with Crippen LogP contribution in [0.15, 0.2) is 54.6 Å². The fraction of sp³-hybridized carbons (Fsp3) is 0.231. The summed E-state index contributed by atoms with van der Waals surface area (Å²) in [4.78, 5) is 0. The van der Waals surface area contributed by atoms with Gasteiger partial charge in [-0.2, -0.15) is 0 Å². The molecule has 0 aromatic heterocycles. The van der Waals surface area contributed by atoms with Crippen LogP contribution in [0.1, 0.15) is 18.1 Å². The third-order valence-corrected chi connectivity index (χ3v) is 2.56. The van der Waals surface area contributed by atoms with E-state index >= 15 is 0 Å².